The Morgan fingerprint density at radius 1 is 1.42 bits per heavy atom. The molecule has 2 atom stereocenters. The highest BCUT2D eigenvalue weighted by atomic mass is 127. The molecule has 2 rings (SSSR count). The van der Waals surface area contributed by atoms with Crippen LogP contribution in [0.3, 0.4) is 0 Å². The lowest BCUT2D eigenvalue weighted by Gasteiger charge is -2.31. The minimum absolute atomic E-state index is 0. The van der Waals surface area contributed by atoms with Crippen molar-refractivity contribution in [3.8, 4) is 0 Å². The number of halogens is 1. The molecule has 0 aromatic heterocycles. The number of piperidine rings is 1. The Hall–Kier alpha value is -0.300. The fraction of sp³-hybridized carbons (Fsp3) is 0.786. The van der Waals surface area contributed by atoms with Crippen LogP contribution < -0.4 is 5.73 Å². The van der Waals surface area contributed by atoms with Gasteiger partial charge in [-0.1, -0.05) is 13.0 Å². The first-order chi connectivity index (χ1) is 8.70. The van der Waals surface area contributed by atoms with Gasteiger partial charge in [0.2, 0.25) is 0 Å². The molecule has 0 unspecified atom stereocenters. The zero-order valence-corrected chi connectivity index (χ0v) is 14.1. The molecule has 5 heteroatoms. The average Bonchev–Trinajstić information content (AvgIpc) is 2.84. The maximum atomic E-state index is 6.07. The molecule has 0 spiro atoms. The summed E-state index contributed by atoms with van der Waals surface area (Å²) >= 11 is 0. The topological polar surface area (TPSA) is 50.9 Å². The molecule has 0 amide bonds. The molecule has 2 N–H and O–H groups in total. The van der Waals surface area contributed by atoms with Gasteiger partial charge in [0.25, 0.3) is 0 Å². The quantitative estimate of drug-likeness (QED) is 0.354. The highest BCUT2D eigenvalue weighted by Gasteiger charge is 2.25. The Balaban J connectivity index is 0.00000180. The molecule has 0 aromatic carbocycles. The summed E-state index contributed by atoms with van der Waals surface area (Å²) in [6.07, 6.45) is 5.54. The summed E-state index contributed by atoms with van der Waals surface area (Å²) in [6.45, 7) is 9.77. The van der Waals surface area contributed by atoms with Gasteiger partial charge in [-0.25, -0.2) is 0 Å². The Labute approximate surface area is 133 Å². The molecule has 0 bridgehead atoms. The van der Waals surface area contributed by atoms with E-state index in [-0.39, 0.29) is 30.1 Å². The van der Waals surface area contributed by atoms with Crippen LogP contribution in [-0.2, 0) is 4.74 Å². The van der Waals surface area contributed by atoms with Crippen molar-refractivity contribution in [2.45, 2.75) is 32.3 Å². The molecule has 110 valence electrons. The first-order valence-corrected chi connectivity index (χ1v) is 6.99. The largest absolute Gasteiger partial charge is 0.374 e. The van der Waals surface area contributed by atoms with Crippen LogP contribution in [0.5, 0.6) is 0 Å². The number of nitrogens with zero attached hydrogens (tertiary/aromatic N) is 2. The van der Waals surface area contributed by atoms with Crippen molar-refractivity contribution in [3.05, 3.63) is 12.7 Å². The van der Waals surface area contributed by atoms with Gasteiger partial charge in [0.05, 0.1) is 6.10 Å². The van der Waals surface area contributed by atoms with Crippen molar-refractivity contribution in [1.82, 2.24) is 4.90 Å². The zero-order chi connectivity index (χ0) is 13.0. The number of hydrogen-bond acceptors (Lipinski definition) is 2. The lowest BCUT2D eigenvalue weighted by molar-refractivity contribution is 0.129. The van der Waals surface area contributed by atoms with E-state index in [9.17, 15) is 0 Å². The Morgan fingerprint density at radius 3 is 2.74 bits per heavy atom. The van der Waals surface area contributed by atoms with Crippen molar-refractivity contribution >= 4 is 29.9 Å². The summed E-state index contributed by atoms with van der Waals surface area (Å²) < 4.78 is 5.56. The summed E-state index contributed by atoms with van der Waals surface area (Å²) in [5.74, 6) is 1.98. The van der Waals surface area contributed by atoms with Crippen LogP contribution in [0, 0.1) is 11.8 Å². The Morgan fingerprint density at radius 2 is 2.11 bits per heavy atom. The second-order valence-electron chi connectivity index (χ2n) is 5.49. The fourth-order valence-electron chi connectivity index (χ4n) is 2.66. The number of guanidine groups is 1. The average molecular weight is 379 g/mol. The van der Waals surface area contributed by atoms with Gasteiger partial charge in [0.15, 0.2) is 5.96 Å². The number of aliphatic imine (C=N–C) groups is 1. The predicted octanol–water partition coefficient (Wildman–Crippen LogP) is 2.24. The van der Waals surface area contributed by atoms with Crippen molar-refractivity contribution in [3.63, 3.8) is 0 Å². The number of rotatable bonds is 3. The lowest BCUT2D eigenvalue weighted by atomic mass is 9.99. The number of likely N-dealkylation sites (tertiary alicyclic amines) is 1. The zero-order valence-electron chi connectivity index (χ0n) is 11.8. The predicted molar refractivity (Wildman–Crippen MR) is 89.9 cm³/mol. The van der Waals surface area contributed by atoms with E-state index in [0.717, 1.165) is 38.6 Å². The highest BCUT2D eigenvalue weighted by molar-refractivity contribution is 14.0. The third-order valence-electron chi connectivity index (χ3n) is 4.09. The molecule has 4 nitrogen and oxygen atoms in total. The summed E-state index contributed by atoms with van der Waals surface area (Å²) in [4.78, 5) is 6.75. The molecule has 0 saturated carbocycles. The molecule has 0 aromatic rings. The molecule has 19 heavy (non-hydrogen) atoms. The van der Waals surface area contributed by atoms with Gasteiger partial charge in [-0.15, -0.1) is 30.6 Å². The summed E-state index contributed by atoms with van der Waals surface area (Å²) in [5, 5.41) is 0. The molecule has 2 aliphatic rings. The maximum absolute atomic E-state index is 6.07. The first kappa shape index (κ1) is 16.8. The van der Waals surface area contributed by atoms with E-state index in [4.69, 9.17) is 10.5 Å². The number of hydrogen-bond donors (Lipinski definition) is 1. The van der Waals surface area contributed by atoms with Gasteiger partial charge in [0, 0.05) is 32.2 Å². The van der Waals surface area contributed by atoms with Gasteiger partial charge < -0.3 is 15.4 Å². The Bertz CT molecular complexity index is 314. The standard InChI is InChI=1S/C14H25N3O.HI/c1-3-13-12(6-9-18-13)10-16-14(15)17-7-4-11(2)5-8-17;/h3,11-13H,1,4-10H2,2H3,(H2,15,16);1H/t12-,13-;/m0./s1. The molecule has 2 aliphatic heterocycles. The smallest absolute Gasteiger partial charge is 0.191 e. The second kappa shape index (κ2) is 8.09. The summed E-state index contributed by atoms with van der Waals surface area (Å²) in [5.41, 5.74) is 6.07. The molecule has 0 radical (unpaired) electrons. The lowest BCUT2D eigenvalue weighted by Crippen LogP contribution is -2.42. The normalized spacial score (nSPS) is 29.1. The van der Waals surface area contributed by atoms with E-state index in [0.29, 0.717) is 11.9 Å². The van der Waals surface area contributed by atoms with Crippen molar-refractivity contribution in [2.24, 2.45) is 22.6 Å². The van der Waals surface area contributed by atoms with Crippen LogP contribution in [0.15, 0.2) is 17.6 Å². The summed E-state index contributed by atoms with van der Waals surface area (Å²) in [6, 6.07) is 0. The third-order valence-corrected chi connectivity index (χ3v) is 4.09. The number of nitrogens with two attached hydrogens (primary N) is 1. The van der Waals surface area contributed by atoms with E-state index in [1.54, 1.807) is 0 Å². The van der Waals surface area contributed by atoms with E-state index >= 15 is 0 Å². The summed E-state index contributed by atoms with van der Waals surface area (Å²) in [7, 11) is 0. The monoisotopic (exact) mass is 379 g/mol. The van der Waals surface area contributed by atoms with Gasteiger partial charge in [-0.3, -0.25) is 4.99 Å². The fourth-order valence-corrected chi connectivity index (χ4v) is 2.66. The molecular weight excluding hydrogens is 353 g/mol. The van der Waals surface area contributed by atoms with Crippen LogP contribution in [-0.4, -0.2) is 43.2 Å². The third kappa shape index (κ3) is 4.63. The van der Waals surface area contributed by atoms with Crippen LogP contribution in [0.4, 0.5) is 0 Å². The van der Waals surface area contributed by atoms with E-state index in [2.05, 4.69) is 23.4 Å². The minimum Gasteiger partial charge on any atom is -0.374 e. The van der Waals surface area contributed by atoms with Gasteiger partial charge in [-0.05, 0) is 25.2 Å². The van der Waals surface area contributed by atoms with E-state index < -0.39 is 0 Å². The van der Waals surface area contributed by atoms with Crippen LogP contribution in [0.1, 0.15) is 26.2 Å². The van der Waals surface area contributed by atoms with E-state index in [1.165, 1.54) is 12.8 Å². The van der Waals surface area contributed by atoms with Crippen molar-refractivity contribution < 1.29 is 4.74 Å². The SMILES string of the molecule is C=C[C@@H]1OCC[C@H]1CN=C(N)N1CCC(C)CC1.I. The van der Waals surface area contributed by atoms with Gasteiger partial charge in [-0.2, -0.15) is 0 Å². The van der Waals surface area contributed by atoms with Crippen LogP contribution in [0.2, 0.25) is 0 Å². The van der Waals surface area contributed by atoms with E-state index in [1.807, 2.05) is 6.08 Å². The van der Waals surface area contributed by atoms with Crippen LogP contribution >= 0.6 is 24.0 Å². The second-order valence-corrected chi connectivity index (χ2v) is 5.49. The minimum atomic E-state index is 0. The van der Waals surface area contributed by atoms with Crippen molar-refractivity contribution in [1.29, 1.82) is 0 Å². The van der Waals surface area contributed by atoms with Crippen LogP contribution in [0.25, 0.3) is 0 Å². The van der Waals surface area contributed by atoms with Gasteiger partial charge in [0.1, 0.15) is 0 Å². The molecule has 2 saturated heterocycles. The maximum Gasteiger partial charge on any atom is 0.191 e. The van der Waals surface area contributed by atoms with Gasteiger partial charge >= 0.3 is 0 Å². The Kier molecular flexibility index (Phi) is 7.13. The molecular formula is C14H26IN3O. The molecule has 2 fully saturated rings. The first-order valence-electron chi connectivity index (χ1n) is 6.99. The molecule has 0 aliphatic carbocycles. The number of ether oxygens (including phenoxy) is 1. The highest BCUT2D eigenvalue weighted by Crippen LogP contribution is 2.22. The van der Waals surface area contributed by atoms with Crippen molar-refractivity contribution in [2.75, 3.05) is 26.2 Å². The molecule has 2 heterocycles.